The fraction of sp³-hybridized carbons (Fsp3) is 0.278. The van der Waals surface area contributed by atoms with E-state index in [9.17, 15) is 4.79 Å². The zero-order valence-electron chi connectivity index (χ0n) is 14.6. The van der Waals surface area contributed by atoms with E-state index >= 15 is 0 Å². The molecule has 1 N–H and O–H groups in total. The largest absolute Gasteiger partial charge is 0.483 e. The van der Waals surface area contributed by atoms with Crippen molar-refractivity contribution in [3.05, 3.63) is 34.8 Å². The van der Waals surface area contributed by atoms with E-state index in [0.717, 1.165) is 25.3 Å². The summed E-state index contributed by atoms with van der Waals surface area (Å²) in [6.07, 6.45) is 1.67. The van der Waals surface area contributed by atoms with Crippen LogP contribution in [0.2, 0.25) is 0 Å². The SMILES string of the molecule is Cc1nc2c(cc(OCC(=O)Nc3ccnn3C(C)C)c3ccsc32)s1. The van der Waals surface area contributed by atoms with E-state index in [0.29, 0.717) is 11.6 Å². The molecule has 0 saturated heterocycles. The standard InChI is InChI=1S/C18H18N4O2S2/c1-10(2)22-15(4-6-19-22)21-16(23)9-24-13-8-14-17(20-11(3)26-14)18-12(13)5-7-25-18/h4-8,10H,9H2,1-3H3,(H,21,23). The number of aromatic nitrogens is 3. The molecule has 0 atom stereocenters. The zero-order valence-corrected chi connectivity index (χ0v) is 16.3. The number of aryl methyl sites for hydroxylation is 1. The molecule has 0 saturated carbocycles. The van der Waals surface area contributed by atoms with Crippen molar-refractivity contribution in [3.63, 3.8) is 0 Å². The van der Waals surface area contributed by atoms with Gasteiger partial charge in [-0.25, -0.2) is 9.67 Å². The molecule has 4 rings (SSSR count). The Morgan fingerprint density at radius 3 is 3.04 bits per heavy atom. The van der Waals surface area contributed by atoms with Gasteiger partial charge in [-0.05, 0) is 32.2 Å². The second-order valence-electron chi connectivity index (χ2n) is 6.21. The van der Waals surface area contributed by atoms with Gasteiger partial charge in [-0.1, -0.05) is 0 Å². The molecular weight excluding hydrogens is 368 g/mol. The van der Waals surface area contributed by atoms with Gasteiger partial charge in [-0.3, -0.25) is 4.79 Å². The first-order valence-corrected chi connectivity index (χ1v) is 9.96. The van der Waals surface area contributed by atoms with Crippen molar-refractivity contribution in [2.45, 2.75) is 26.8 Å². The number of nitrogens with one attached hydrogen (secondary N) is 1. The van der Waals surface area contributed by atoms with Crippen LogP contribution in [0.25, 0.3) is 20.3 Å². The Hall–Kier alpha value is -2.45. The van der Waals surface area contributed by atoms with Crippen molar-refractivity contribution in [3.8, 4) is 5.75 Å². The number of carbonyl (C=O) groups excluding carboxylic acids is 1. The molecule has 0 spiro atoms. The van der Waals surface area contributed by atoms with E-state index in [-0.39, 0.29) is 18.6 Å². The first-order valence-electron chi connectivity index (χ1n) is 8.26. The number of thiophene rings is 1. The maximum Gasteiger partial charge on any atom is 0.263 e. The Bertz CT molecular complexity index is 1090. The van der Waals surface area contributed by atoms with Crippen LogP contribution in [0.1, 0.15) is 24.9 Å². The van der Waals surface area contributed by atoms with Gasteiger partial charge in [0.25, 0.3) is 5.91 Å². The van der Waals surface area contributed by atoms with Crippen LogP contribution in [0, 0.1) is 6.92 Å². The molecule has 6 nitrogen and oxygen atoms in total. The number of ether oxygens (including phenoxy) is 1. The number of thiazole rings is 1. The summed E-state index contributed by atoms with van der Waals surface area (Å²) in [4.78, 5) is 16.9. The van der Waals surface area contributed by atoms with Gasteiger partial charge >= 0.3 is 0 Å². The summed E-state index contributed by atoms with van der Waals surface area (Å²) < 4.78 is 9.79. The highest BCUT2D eigenvalue weighted by Gasteiger charge is 2.14. The Labute approximate surface area is 158 Å². The normalized spacial score (nSPS) is 11.5. The number of amides is 1. The lowest BCUT2D eigenvalue weighted by molar-refractivity contribution is -0.118. The summed E-state index contributed by atoms with van der Waals surface area (Å²) in [5.41, 5.74) is 1.01. The summed E-state index contributed by atoms with van der Waals surface area (Å²) >= 11 is 3.27. The Kier molecular flexibility index (Phi) is 4.37. The Morgan fingerprint density at radius 2 is 2.23 bits per heavy atom. The number of anilines is 1. The van der Waals surface area contributed by atoms with Gasteiger partial charge < -0.3 is 10.1 Å². The Morgan fingerprint density at radius 1 is 1.38 bits per heavy atom. The third-order valence-electron chi connectivity index (χ3n) is 3.95. The average molecular weight is 387 g/mol. The average Bonchev–Trinajstić information content (AvgIpc) is 3.30. The number of hydrogen-bond acceptors (Lipinski definition) is 6. The molecule has 0 fully saturated rings. The molecule has 3 aromatic heterocycles. The van der Waals surface area contributed by atoms with E-state index in [1.54, 1.807) is 39.6 Å². The molecule has 4 aromatic rings. The highest BCUT2D eigenvalue weighted by Crippen LogP contribution is 2.38. The molecule has 0 unspecified atom stereocenters. The predicted octanol–water partition coefficient (Wildman–Crippen LogP) is 4.61. The molecule has 8 heteroatoms. The summed E-state index contributed by atoms with van der Waals surface area (Å²) in [5, 5.41) is 11.1. The number of benzene rings is 1. The summed E-state index contributed by atoms with van der Waals surface area (Å²) in [6, 6.07) is 5.93. The van der Waals surface area contributed by atoms with Gasteiger partial charge in [0.2, 0.25) is 0 Å². The number of nitrogens with zero attached hydrogens (tertiary/aromatic N) is 3. The van der Waals surface area contributed by atoms with Crippen LogP contribution in [0.5, 0.6) is 5.75 Å². The Balaban J connectivity index is 1.54. The third-order valence-corrected chi connectivity index (χ3v) is 5.79. The molecule has 134 valence electrons. The summed E-state index contributed by atoms with van der Waals surface area (Å²) in [5.74, 6) is 1.17. The monoisotopic (exact) mass is 386 g/mol. The van der Waals surface area contributed by atoms with E-state index in [4.69, 9.17) is 4.74 Å². The topological polar surface area (TPSA) is 69.0 Å². The van der Waals surface area contributed by atoms with Crippen molar-refractivity contribution < 1.29 is 9.53 Å². The van der Waals surface area contributed by atoms with Crippen LogP contribution < -0.4 is 10.1 Å². The smallest absolute Gasteiger partial charge is 0.263 e. The maximum absolute atomic E-state index is 12.3. The van der Waals surface area contributed by atoms with Crippen LogP contribution in [0.3, 0.4) is 0 Å². The maximum atomic E-state index is 12.3. The van der Waals surface area contributed by atoms with E-state index in [2.05, 4.69) is 15.4 Å². The van der Waals surface area contributed by atoms with Crippen LogP contribution in [-0.2, 0) is 4.79 Å². The van der Waals surface area contributed by atoms with E-state index in [1.165, 1.54) is 0 Å². The summed E-state index contributed by atoms with van der Waals surface area (Å²) in [6.45, 7) is 5.96. The van der Waals surface area contributed by atoms with Crippen LogP contribution >= 0.6 is 22.7 Å². The van der Waals surface area contributed by atoms with Crippen LogP contribution in [0.15, 0.2) is 29.8 Å². The quantitative estimate of drug-likeness (QED) is 0.544. The zero-order chi connectivity index (χ0) is 18.3. The van der Waals surface area contributed by atoms with Gasteiger partial charge in [0, 0.05) is 23.6 Å². The van der Waals surface area contributed by atoms with Gasteiger partial charge in [0.05, 0.1) is 26.1 Å². The minimum absolute atomic E-state index is 0.0580. The molecule has 0 aliphatic carbocycles. The minimum atomic E-state index is -0.212. The fourth-order valence-electron chi connectivity index (χ4n) is 2.85. The molecule has 26 heavy (non-hydrogen) atoms. The molecular formula is C18H18N4O2S2. The third kappa shape index (κ3) is 3.06. The highest BCUT2D eigenvalue weighted by molar-refractivity contribution is 7.21. The minimum Gasteiger partial charge on any atom is -0.483 e. The molecule has 3 heterocycles. The van der Waals surface area contributed by atoms with Crippen molar-refractivity contribution >= 4 is 54.7 Å². The summed E-state index contributed by atoms with van der Waals surface area (Å²) in [7, 11) is 0. The number of carbonyl (C=O) groups is 1. The predicted molar refractivity (Wildman–Crippen MR) is 106 cm³/mol. The second-order valence-corrected chi connectivity index (χ2v) is 8.36. The van der Waals surface area contributed by atoms with Gasteiger partial charge in [-0.15, -0.1) is 22.7 Å². The molecule has 0 bridgehead atoms. The fourth-order valence-corrected chi connectivity index (χ4v) is 4.69. The first-order chi connectivity index (χ1) is 12.5. The van der Waals surface area contributed by atoms with Gasteiger partial charge in [0.1, 0.15) is 11.6 Å². The van der Waals surface area contributed by atoms with Crippen LogP contribution in [0.4, 0.5) is 5.82 Å². The molecule has 1 aromatic carbocycles. The number of fused-ring (bicyclic) bond motifs is 3. The molecule has 1 amide bonds. The van der Waals surface area contributed by atoms with Crippen molar-refractivity contribution in [1.82, 2.24) is 14.8 Å². The number of hydrogen-bond donors (Lipinski definition) is 1. The highest BCUT2D eigenvalue weighted by atomic mass is 32.1. The molecule has 0 aliphatic heterocycles. The lowest BCUT2D eigenvalue weighted by Gasteiger charge is -2.12. The van der Waals surface area contributed by atoms with Crippen molar-refractivity contribution in [1.29, 1.82) is 0 Å². The van der Waals surface area contributed by atoms with Gasteiger partial charge in [0.15, 0.2) is 6.61 Å². The number of rotatable bonds is 5. The van der Waals surface area contributed by atoms with Gasteiger partial charge in [-0.2, -0.15) is 5.10 Å². The van der Waals surface area contributed by atoms with Crippen LogP contribution in [-0.4, -0.2) is 27.3 Å². The second kappa shape index (κ2) is 6.69. The van der Waals surface area contributed by atoms with E-state index < -0.39 is 0 Å². The lowest BCUT2D eigenvalue weighted by atomic mass is 10.2. The van der Waals surface area contributed by atoms with E-state index in [1.807, 2.05) is 38.3 Å². The molecule has 0 radical (unpaired) electrons. The first kappa shape index (κ1) is 17.0. The van der Waals surface area contributed by atoms with Crippen molar-refractivity contribution in [2.24, 2.45) is 0 Å². The lowest BCUT2D eigenvalue weighted by Crippen LogP contribution is -2.22. The van der Waals surface area contributed by atoms with Crippen molar-refractivity contribution in [2.75, 3.05) is 11.9 Å². The molecule has 0 aliphatic rings.